The summed E-state index contributed by atoms with van der Waals surface area (Å²) in [6.07, 6.45) is 5.29. The van der Waals surface area contributed by atoms with Gasteiger partial charge >= 0.3 is 0 Å². The predicted molar refractivity (Wildman–Crippen MR) is 87.1 cm³/mol. The number of hydrogen-bond donors (Lipinski definition) is 1. The van der Waals surface area contributed by atoms with E-state index in [0.717, 1.165) is 6.42 Å². The van der Waals surface area contributed by atoms with Crippen molar-refractivity contribution in [1.29, 1.82) is 0 Å². The van der Waals surface area contributed by atoms with Crippen LogP contribution in [0.2, 0.25) is 0 Å². The number of hydrogen-bond acceptors (Lipinski definition) is 2. The maximum atomic E-state index is 3.74. The Morgan fingerprint density at radius 2 is 1.70 bits per heavy atom. The van der Waals surface area contributed by atoms with Crippen molar-refractivity contribution in [2.45, 2.75) is 58.5 Å². The molecular weight excluding hydrogens is 244 g/mol. The van der Waals surface area contributed by atoms with E-state index in [1.54, 1.807) is 0 Å². The molecule has 1 heterocycles. The fourth-order valence-electron chi connectivity index (χ4n) is 3.15. The number of rotatable bonds is 6. The molecule has 1 saturated heterocycles. The van der Waals surface area contributed by atoms with Crippen LogP contribution in [0.5, 0.6) is 0 Å². The third kappa shape index (κ3) is 4.60. The Hall–Kier alpha value is -0.860. The molecule has 0 saturated carbocycles. The molecule has 0 spiro atoms. The Morgan fingerprint density at radius 1 is 1.05 bits per heavy atom. The summed E-state index contributed by atoms with van der Waals surface area (Å²) in [5.41, 5.74) is 2.81. The van der Waals surface area contributed by atoms with Crippen LogP contribution >= 0.6 is 0 Å². The lowest BCUT2D eigenvalue weighted by Gasteiger charge is -2.30. The molecule has 1 aliphatic rings. The predicted octanol–water partition coefficient (Wildman–Crippen LogP) is 3.77. The first-order valence-corrected chi connectivity index (χ1v) is 8.26. The highest BCUT2D eigenvalue weighted by Gasteiger charge is 2.15. The second-order valence-corrected chi connectivity index (χ2v) is 6.25. The fourth-order valence-corrected chi connectivity index (χ4v) is 3.15. The zero-order valence-corrected chi connectivity index (χ0v) is 13.4. The Morgan fingerprint density at radius 3 is 2.30 bits per heavy atom. The first-order chi connectivity index (χ1) is 9.69. The van der Waals surface area contributed by atoms with Crippen molar-refractivity contribution in [3.63, 3.8) is 0 Å². The SMILES string of the molecule is CCc1ccc(C(C)NC(C)CN2CCCCC2)cc1. The summed E-state index contributed by atoms with van der Waals surface area (Å²) >= 11 is 0. The molecule has 2 unspecified atom stereocenters. The molecule has 1 fully saturated rings. The van der Waals surface area contributed by atoms with Gasteiger partial charge in [-0.15, -0.1) is 0 Å². The largest absolute Gasteiger partial charge is 0.306 e. The highest BCUT2D eigenvalue weighted by molar-refractivity contribution is 5.24. The van der Waals surface area contributed by atoms with Crippen LogP contribution in [-0.2, 0) is 6.42 Å². The van der Waals surface area contributed by atoms with Crippen molar-refractivity contribution in [3.8, 4) is 0 Å². The standard InChI is InChI=1S/C18H30N2/c1-4-17-8-10-18(11-9-17)16(3)19-15(2)14-20-12-6-5-7-13-20/h8-11,15-16,19H,4-7,12-14H2,1-3H3. The molecule has 2 rings (SSSR count). The van der Waals surface area contributed by atoms with E-state index in [4.69, 9.17) is 0 Å². The molecule has 1 aromatic carbocycles. The monoisotopic (exact) mass is 274 g/mol. The zero-order chi connectivity index (χ0) is 14.4. The van der Waals surface area contributed by atoms with Gasteiger partial charge in [-0.05, 0) is 57.3 Å². The second kappa shape index (κ2) is 7.80. The molecule has 0 radical (unpaired) electrons. The van der Waals surface area contributed by atoms with Gasteiger partial charge in [-0.3, -0.25) is 0 Å². The highest BCUT2D eigenvalue weighted by atomic mass is 15.2. The summed E-state index contributed by atoms with van der Waals surface area (Å²) in [7, 11) is 0. The van der Waals surface area contributed by atoms with Gasteiger partial charge in [-0.25, -0.2) is 0 Å². The van der Waals surface area contributed by atoms with Gasteiger partial charge in [-0.1, -0.05) is 37.6 Å². The van der Waals surface area contributed by atoms with Crippen molar-refractivity contribution < 1.29 is 0 Å². The van der Waals surface area contributed by atoms with E-state index in [1.807, 2.05) is 0 Å². The van der Waals surface area contributed by atoms with E-state index in [0.29, 0.717) is 12.1 Å². The smallest absolute Gasteiger partial charge is 0.0294 e. The van der Waals surface area contributed by atoms with Gasteiger partial charge in [0.25, 0.3) is 0 Å². The summed E-state index contributed by atoms with van der Waals surface area (Å²) < 4.78 is 0. The summed E-state index contributed by atoms with van der Waals surface area (Å²) in [6, 6.07) is 10.0. The molecule has 0 aromatic heterocycles. The van der Waals surface area contributed by atoms with E-state index < -0.39 is 0 Å². The summed E-state index contributed by atoms with van der Waals surface area (Å²) in [5, 5.41) is 3.74. The molecule has 112 valence electrons. The molecule has 0 aliphatic carbocycles. The Bertz CT molecular complexity index is 379. The van der Waals surface area contributed by atoms with E-state index in [-0.39, 0.29) is 0 Å². The molecule has 2 nitrogen and oxygen atoms in total. The van der Waals surface area contributed by atoms with Crippen molar-refractivity contribution in [2.24, 2.45) is 0 Å². The number of benzene rings is 1. The summed E-state index contributed by atoms with van der Waals surface area (Å²) in [4.78, 5) is 2.61. The molecule has 1 aromatic rings. The molecule has 1 aliphatic heterocycles. The van der Waals surface area contributed by atoms with Crippen molar-refractivity contribution in [1.82, 2.24) is 10.2 Å². The molecule has 0 bridgehead atoms. The first-order valence-electron chi connectivity index (χ1n) is 8.26. The van der Waals surface area contributed by atoms with Gasteiger partial charge < -0.3 is 10.2 Å². The maximum absolute atomic E-state index is 3.74. The van der Waals surface area contributed by atoms with Gasteiger partial charge in [0.15, 0.2) is 0 Å². The number of aryl methyl sites for hydroxylation is 1. The molecule has 20 heavy (non-hydrogen) atoms. The molecule has 0 amide bonds. The average Bonchev–Trinajstić information content (AvgIpc) is 2.48. The van der Waals surface area contributed by atoms with Gasteiger partial charge in [0.1, 0.15) is 0 Å². The van der Waals surface area contributed by atoms with Gasteiger partial charge in [-0.2, -0.15) is 0 Å². The quantitative estimate of drug-likeness (QED) is 0.849. The fraction of sp³-hybridized carbons (Fsp3) is 0.667. The number of nitrogens with one attached hydrogen (secondary N) is 1. The second-order valence-electron chi connectivity index (χ2n) is 6.25. The van der Waals surface area contributed by atoms with Crippen LogP contribution in [0.4, 0.5) is 0 Å². The Balaban J connectivity index is 1.81. The molecule has 2 heteroatoms. The van der Waals surface area contributed by atoms with E-state index >= 15 is 0 Å². The van der Waals surface area contributed by atoms with Crippen LogP contribution in [0, 0.1) is 0 Å². The van der Waals surface area contributed by atoms with E-state index in [9.17, 15) is 0 Å². The molecule has 2 atom stereocenters. The number of piperidine rings is 1. The van der Waals surface area contributed by atoms with Crippen molar-refractivity contribution in [2.75, 3.05) is 19.6 Å². The van der Waals surface area contributed by atoms with E-state index in [2.05, 4.69) is 55.3 Å². The van der Waals surface area contributed by atoms with Gasteiger partial charge in [0.05, 0.1) is 0 Å². The first kappa shape index (κ1) is 15.5. The molecular formula is C18H30N2. The van der Waals surface area contributed by atoms with Crippen LogP contribution in [0.3, 0.4) is 0 Å². The summed E-state index contributed by atoms with van der Waals surface area (Å²) in [6.45, 7) is 10.5. The topological polar surface area (TPSA) is 15.3 Å². The van der Waals surface area contributed by atoms with Crippen molar-refractivity contribution >= 4 is 0 Å². The average molecular weight is 274 g/mol. The van der Waals surface area contributed by atoms with Crippen LogP contribution in [0.1, 0.15) is 57.2 Å². The third-order valence-corrected chi connectivity index (χ3v) is 4.40. The van der Waals surface area contributed by atoms with Crippen LogP contribution in [0.25, 0.3) is 0 Å². The lowest BCUT2D eigenvalue weighted by molar-refractivity contribution is 0.205. The van der Waals surface area contributed by atoms with Gasteiger partial charge in [0, 0.05) is 18.6 Å². The minimum absolute atomic E-state index is 0.431. The Labute approximate surface area is 124 Å². The van der Waals surface area contributed by atoms with Crippen LogP contribution < -0.4 is 5.32 Å². The zero-order valence-electron chi connectivity index (χ0n) is 13.4. The number of likely N-dealkylation sites (tertiary alicyclic amines) is 1. The highest BCUT2D eigenvalue weighted by Crippen LogP contribution is 2.15. The lowest BCUT2D eigenvalue weighted by atomic mass is 10.0. The van der Waals surface area contributed by atoms with Crippen molar-refractivity contribution in [3.05, 3.63) is 35.4 Å². The minimum Gasteiger partial charge on any atom is -0.306 e. The Kier molecular flexibility index (Phi) is 6.06. The normalized spacial score (nSPS) is 19.8. The van der Waals surface area contributed by atoms with Gasteiger partial charge in [0.2, 0.25) is 0 Å². The molecule has 1 N–H and O–H groups in total. The van der Waals surface area contributed by atoms with Crippen LogP contribution in [0.15, 0.2) is 24.3 Å². The summed E-state index contributed by atoms with van der Waals surface area (Å²) in [5.74, 6) is 0. The minimum atomic E-state index is 0.431. The van der Waals surface area contributed by atoms with E-state index in [1.165, 1.54) is 50.0 Å². The third-order valence-electron chi connectivity index (χ3n) is 4.40. The maximum Gasteiger partial charge on any atom is 0.0294 e. The van der Waals surface area contributed by atoms with Crippen LogP contribution in [-0.4, -0.2) is 30.6 Å². The lowest BCUT2D eigenvalue weighted by Crippen LogP contribution is -2.42. The number of nitrogens with zero attached hydrogens (tertiary/aromatic N) is 1.